The molecule has 0 radical (unpaired) electrons. The zero-order chi connectivity index (χ0) is 13.7. The molecule has 4 nitrogen and oxygen atoms in total. The molecular formula is C15H17NO3. The summed E-state index contributed by atoms with van der Waals surface area (Å²) in [4.78, 5) is 11.8. The van der Waals surface area contributed by atoms with Crippen molar-refractivity contribution in [2.75, 3.05) is 13.7 Å². The number of aryl methyl sites for hydroxylation is 1. The minimum Gasteiger partial charge on any atom is -0.497 e. The van der Waals surface area contributed by atoms with Crippen molar-refractivity contribution >= 4 is 5.78 Å². The van der Waals surface area contributed by atoms with Crippen LogP contribution in [-0.4, -0.2) is 24.1 Å². The Morgan fingerprint density at radius 1 is 1.21 bits per heavy atom. The maximum atomic E-state index is 11.8. The number of Topliss-reactive ketones (excluding diaryl/α,β-unsaturated/α-hetero) is 1. The molecular weight excluding hydrogens is 242 g/mol. The molecule has 1 aromatic carbocycles. The lowest BCUT2D eigenvalue weighted by atomic mass is 10.2. The van der Waals surface area contributed by atoms with Gasteiger partial charge < -0.3 is 14.0 Å². The van der Waals surface area contributed by atoms with Gasteiger partial charge in [-0.05, 0) is 23.8 Å². The zero-order valence-corrected chi connectivity index (χ0v) is 11.1. The molecule has 0 unspecified atom stereocenters. The van der Waals surface area contributed by atoms with E-state index in [1.165, 1.54) is 0 Å². The predicted molar refractivity (Wildman–Crippen MR) is 72.4 cm³/mol. The third-order valence-corrected chi connectivity index (χ3v) is 2.81. The summed E-state index contributed by atoms with van der Waals surface area (Å²) in [6, 6.07) is 9.38. The summed E-state index contributed by atoms with van der Waals surface area (Å²) >= 11 is 0. The highest BCUT2D eigenvalue weighted by molar-refractivity contribution is 5.96. The molecule has 0 bridgehead atoms. The van der Waals surface area contributed by atoms with E-state index in [0.717, 1.165) is 11.3 Å². The summed E-state index contributed by atoms with van der Waals surface area (Å²) in [5.74, 6) is 0.804. The Morgan fingerprint density at radius 2 is 1.95 bits per heavy atom. The Hall–Kier alpha value is -2.07. The van der Waals surface area contributed by atoms with Crippen LogP contribution in [0.3, 0.4) is 0 Å². The van der Waals surface area contributed by atoms with E-state index in [0.29, 0.717) is 12.2 Å². The van der Waals surface area contributed by atoms with Crippen LogP contribution in [0, 0.1) is 0 Å². The van der Waals surface area contributed by atoms with E-state index < -0.39 is 0 Å². The molecule has 0 saturated heterocycles. The van der Waals surface area contributed by atoms with E-state index in [1.807, 2.05) is 42.1 Å². The SMILES string of the molecule is COc1ccc(COCC(=O)c2ccn(C)c2)cc1. The van der Waals surface area contributed by atoms with Gasteiger partial charge >= 0.3 is 0 Å². The van der Waals surface area contributed by atoms with Crippen LogP contribution in [0.15, 0.2) is 42.7 Å². The minimum absolute atomic E-state index is 0.00545. The Kier molecular flexibility index (Phi) is 4.36. The number of carbonyl (C=O) groups excluding carboxylic acids is 1. The van der Waals surface area contributed by atoms with Gasteiger partial charge in [0.05, 0.1) is 13.7 Å². The van der Waals surface area contributed by atoms with E-state index in [2.05, 4.69) is 0 Å². The summed E-state index contributed by atoms with van der Waals surface area (Å²) in [6.07, 6.45) is 3.63. The second-order valence-electron chi connectivity index (χ2n) is 4.33. The highest BCUT2D eigenvalue weighted by Crippen LogP contribution is 2.12. The van der Waals surface area contributed by atoms with Crippen LogP contribution in [0.25, 0.3) is 0 Å². The number of hydrogen-bond donors (Lipinski definition) is 0. The van der Waals surface area contributed by atoms with E-state index in [1.54, 1.807) is 19.4 Å². The highest BCUT2D eigenvalue weighted by atomic mass is 16.5. The van der Waals surface area contributed by atoms with Crippen LogP contribution >= 0.6 is 0 Å². The number of aromatic nitrogens is 1. The summed E-state index contributed by atoms with van der Waals surface area (Å²) in [6.45, 7) is 0.513. The lowest BCUT2D eigenvalue weighted by Crippen LogP contribution is -2.08. The minimum atomic E-state index is -0.00545. The van der Waals surface area contributed by atoms with Crippen LogP contribution in [0.4, 0.5) is 0 Å². The Labute approximate surface area is 112 Å². The molecule has 0 aliphatic rings. The average molecular weight is 259 g/mol. The summed E-state index contributed by atoms with van der Waals surface area (Å²) in [5, 5.41) is 0. The molecule has 100 valence electrons. The van der Waals surface area contributed by atoms with Gasteiger partial charge in [-0.3, -0.25) is 4.79 Å². The Balaban J connectivity index is 1.81. The smallest absolute Gasteiger partial charge is 0.189 e. The number of methoxy groups -OCH3 is 1. The van der Waals surface area contributed by atoms with Crippen LogP contribution in [0.2, 0.25) is 0 Å². The first-order valence-corrected chi connectivity index (χ1v) is 6.05. The Bertz CT molecular complexity index is 543. The van der Waals surface area contributed by atoms with Crippen molar-refractivity contribution in [3.8, 4) is 5.75 Å². The van der Waals surface area contributed by atoms with Gasteiger partial charge in [0.25, 0.3) is 0 Å². The maximum Gasteiger partial charge on any atom is 0.189 e. The molecule has 0 fully saturated rings. The molecule has 1 heterocycles. The second kappa shape index (κ2) is 6.20. The van der Waals surface area contributed by atoms with Crippen molar-refractivity contribution < 1.29 is 14.3 Å². The molecule has 0 saturated carbocycles. The number of ketones is 1. The third-order valence-electron chi connectivity index (χ3n) is 2.81. The first-order valence-electron chi connectivity index (χ1n) is 6.05. The molecule has 0 aliphatic heterocycles. The highest BCUT2D eigenvalue weighted by Gasteiger charge is 2.07. The van der Waals surface area contributed by atoms with Crippen molar-refractivity contribution in [3.63, 3.8) is 0 Å². The molecule has 2 rings (SSSR count). The van der Waals surface area contributed by atoms with Gasteiger partial charge in [0.1, 0.15) is 12.4 Å². The summed E-state index contributed by atoms with van der Waals surface area (Å²) in [7, 11) is 3.51. The Morgan fingerprint density at radius 3 is 2.53 bits per heavy atom. The lowest BCUT2D eigenvalue weighted by molar-refractivity contribution is 0.0726. The van der Waals surface area contributed by atoms with Gasteiger partial charge in [0.15, 0.2) is 5.78 Å². The molecule has 19 heavy (non-hydrogen) atoms. The summed E-state index contributed by atoms with van der Waals surface area (Å²) in [5.41, 5.74) is 1.69. The van der Waals surface area contributed by atoms with E-state index in [4.69, 9.17) is 9.47 Å². The zero-order valence-electron chi connectivity index (χ0n) is 11.1. The molecule has 0 N–H and O–H groups in total. The molecule has 0 amide bonds. The van der Waals surface area contributed by atoms with E-state index in [-0.39, 0.29) is 12.4 Å². The fourth-order valence-electron chi connectivity index (χ4n) is 1.73. The van der Waals surface area contributed by atoms with Crippen molar-refractivity contribution in [1.82, 2.24) is 4.57 Å². The number of rotatable bonds is 6. The normalized spacial score (nSPS) is 10.4. The number of hydrogen-bond acceptors (Lipinski definition) is 3. The number of benzene rings is 1. The van der Waals surface area contributed by atoms with Crippen LogP contribution in [-0.2, 0) is 18.4 Å². The predicted octanol–water partition coefficient (Wildman–Crippen LogP) is 2.43. The number of ether oxygens (including phenoxy) is 2. The fraction of sp³-hybridized carbons (Fsp3) is 0.267. The molecule has 0 atom stereocenters. The third kappa shape index (κ3) is 3.69. The van der Waals surface area contributed by atoms with Gasteiger partial charge in [-0.2, -0.15) is 0 Å². The monoisotopic (exact) mass is 259 g/mol. The van der Waals surface area contributed by atoms with Gasteiger partial charge in [0.2, 0.25) is 0 Å². The van der Waals surface area contributed by atoms with Gasteiger partial charge in [-0.25, -0.2) is 0 Å². The largest absolute Gasteiger partial charge is 0.497 e. The molecule has 0 spiro atoms. The van der Waals surface area contributed by atoms with Gasteiger partial charge in [-0.1, -0.05) is 12.1 Å². The lowest BCUT2D eigenvalue weighted by Gasteiger charge is -2.04. The maximum absolute atomic E-state index is 11.8. The quantitative estimate of drug-likeness (QED) is 0.748. The van der Waals surface area contributed by atoms with Crippen molar-refractivity contribution in [2.24, 2.45) is 7.05 Å². The molecule has 0 aliphatic carbocycles. The first-order chi connectivity index (χ1) is 9.19. The van der Waals surface area contributed by atoms with Crippen molar-refractivity contribution in [2.45, 2.75) is 6.61 Å². The number of nitrogens with zero attached hydrogens (tertiary/aromatic N) is 1. The van der Waals surface area contributed by atoms with Crippen LogP contribution < -0.4 is 4.74 Å². The fourth-order valence-corrected chi connectivity index (χ4v) is 1.73. The van der Waals surface area contributed by atoms with Crippen LogP contribution in [0.1, 0.15) is 15.9 Å². The first kappa shape index (κ1) is 13.4. The van der Waals surface area contributed by atoms with Crippen LogP contribution in [0.5, 0.6) is 5.75 Å². The number of carbonyl (C=O) groups is 1. The second-order valence-corrected chi connectivity index (χ2v) is 4.33. The topological polar surface area (TPSA) is 40.5 Å². The average Bonchev–Trinajstić information content (AvgIpc) is 2.86. The molecule has 2 aromatic rings. The van der Waals surface area contributed by atoms with Crippen molar-refractivity contribution in [3.05, 3.63) is 53.9 Å². The molecule has 4 heteroatoms. The summed E-state index contributed by atoms with van der Waals surface area (Å²) < 4.78 is 12.3. The van der Waals surface area contributed by atoms with E-state index in [9.17, 15) is 4.79 Å². The van der Waals surface area contributed by atoms with Crippen molar-refractivity contribution in [1.29, 1.82) is 0 Å². The molecule has 1 aromatic heterocycles. The van der Waals surface area contributed by atoms with Gasteiger partial charge in [-0.15, -0.1) is 0 Å². The van der Waals surface area contributed by atoms with Gasteiger partial charge in [0, 0.05) is 25.0 Å². The standard InChI is InChI=1S/C15H17NO3/c1-16-8-7-13(9-16)15(17)11-19-10-12-3-5-14(18-2)6-4-12/h3-9H,10-11H2,1-2H3. The van der Waals surface area contributed by atoms with E-state index >= 15 is 0 Å².